The summed E-state index contributed by atoms with van der Waals surface area (Å²) < 4.78 is 5.57. The number of amides is 1. The van der Waals surface area contributed by atoms with Crippen LogP contribution in [-0.4, -0.2) is 49.6 Å². The van der Waals surface area contributed by atoms with Gasteiger partial charge >= 0.3 is 0 Å². The summed E-state index contributed by atoms with van der Waals surface area (Å²) >= 11 is 0. The highest BCUT2D eigenvalue weighted by molar-refractivity contribution is 5.97. The zero-order chi connectivity index (χ0) is 18.7. The largest absolute Gasteiger partial charge is 0.381 e. The van der Waals surface area contributed by atoms with E-state index in [0.29, 0.717) is 11.8 Å². The van der Waals surface area contributed by atoms with Gasteiger partial charge in [-0.15, -0.1) is 0 Å². The lowest BCUT2D eigenvalue weighted by Gasteiger charge is -2.37. The van der Waals surface area contributed by atoms with Crippen molar-refractivity contribution in [2.45, 2.75) is 33.2 Å². The van der Waals surface area contributed by atoms with Crippen LogP contribution in [0.1, 0.15) is 16.7 Å². The molecule has 144 valence electrons. The molecule has 0 bridgehead atoms. The van der Waals surface area contributed by atoms with Crippen LogP contribution in [-0.2, 0) is 9.53 Å². The standard InChI is InChI=1S/C20H27N5O2/c1-11-4-12(2)17(13(3)5-11)25-8-16-18(23-25)21-20(22-19(16)26)24-6-14-9-27-10-15(14)7-24/h4-5,8,14-15,18,20-21,23H,6-7,9-10H2,1-3H3,(H,22,26). The monoisotopic (exact) mass is 369 g/mol. The van der Waals surface area contributed by atoms with Crippen LogP contribution in [0.15, 0.2) is 23.9 Å². The summed E-state index contributed by atoms with van der Waals surface area (Å²) in [4.78, 5) is 15.1. The fraction of sp³-hybridized carbons (Fsp3) is 0.550. The average molecular weight is 369 g/mol. The number of nitrogens with zero attached hydrogens (tertiary/aromatic N) is 2. The summed E-state index contributed by atoms with van der Waals surface area (Å²) in [5, 5.41) is 8.68. The van der Waals surface area contributed by atoms with Gasteiger partial charge in [-0.2, -0.15) is 0 Å². The minimum atomic E-state index is -0.180. The van der Waals surface area contributed by atoms with Crippen molar-refractivity contribution in [1.29, 1.82) is 0 Å². The summed E-state index contributed by atoms with van der Waals surface area (Å²) in [5.41, 5.74) is 8.94. The molecule has 0 saturated carbocycles. The molecule has 3 fully saturated rings. The molecule has 1 aromatic rings. The van der Waals surface area contributed by atoms with E-state index in [-0.39, 0.29) is 18.4 Å². The van der Waals surface area contributed by atoms with Gasteiger partial charge in [0, 0.05) is 31.1 Å². The Bertz CT molecular complexity index is 788. The second-order valence-corrected chi connectivity index (χ2v) is 8.32. The first-order valence-electron chi connectivity index (χ1n) is 9.73. The second kappa shape index (κ2) is 6.31. The molecule has 4 atom stereocenters. The predicted molar refractivity (Wildman–Crippen MR) is 103 cm³/mol. The SMILES string of the molecule is Cc1cc(C)c(N2C=C3C(=O)NC(N4CC5COCC5C4)NC3N2)c(C)c1. The van der Waals surface area contributed by atoms with Crippen molar-refractivity contribution in [2.24, 2.45) is 11.8 Å². The smallest absolute Gasteiger partial charge is 0.254 e. The Morgan fingerprint density at radius 1 is 1.07 bits per heavy atom. The number of hydrazine groups is 1. The van der Waals surface area contributed by atoms with E-state index in [1.54, 1.807) is 0 Å². The zero-order valence-electron chi connectivity index (χ0n) is 16.1. The lowest BCUT2D eigenvalue weighted by atomic mass is 10.0. The molecule has 27 heavy (non-hydrogen) atoms. The van der Waals surface area contributed by atoms with Crippen molar-refractivity contribution in [2.75, 3.05) is 31.3 Å². The quantitative estimate of drug-likeness (QED) is 0.714. The Kier molecular flexibility index (Phi) is 4.01. The first-order chi connectivity index (χ1) is 13.0. The second-order valence-electron chi connectivity index (χ2n) is 8.32. The summed E-state index contributed by atoms with van der Waals surface area (Å²) in [6, 6.07) is 4.34. The van der Waals surface area contributed by atoms with Crippen molar-refractivity contribution >= 4 is 11.6 Å². The number of nitrogens with one attached hydrogen (secondary N) is 3. The van der Waals surface area contributed by atoms with Crippen molar-refractivity contribution in [3.63, 3.8) is 0 Å². The maximum atomic E-state index is 12.8. The Labute approximate surface area is 159 Å². The highest BCUT2D eigenvalue weighted by Gasteiger charge is 2.44. The number of likely N-dealkylation sites (tertiary alicyclic amines) is 1. The van der Waals surface area contributed by atoms with Crippen molar-refractivity contribution in [3.05, 3.63) is 40.6 Å². The molecule has 4 aliphatic heterocycles. The number of anilines is 1. The third-order valence-corrected chi connectivity index (χ3v) is 6.21. The van der Waals surface area contributed by atoms with Crippen LogP contribution in [0.4, 0.5) is 5.69 Å². The molecule has 0 spiro atoms. The van der Waals surface area contributed by atoms with Gasteiger partial charge in [0.2, 0.25) is 0 Å². The highest BCUT2D eigenvalue weighted by atomic mass is 16.5. The molecule has 7 nitrogen and oxygen atoms in total. The fourth-order valence-electron chi connectivity index (χ4n) is 5.00. The van der Waals surface area contributed by atoms with E-state index in [4.69, 9.17) is 4.74 Å². The van der Waals surface area contributed by atoms with Crippen LogP contribution in [0.5, 0.6) is 0 Å². The van der Waals surface area contributed by atoms with E-state index in [9.17, 15) is 4.79 Å². The van der Waals surface area contributed by atoms with E-state index < -0.39 is 0 Å². The van der Waals surface area contributed by atoms with E-state index in [1.807, 2.05) is 11.2 Å². The predicted octanol–water partition coefficient (Wildman–Crippen LogP) is 0.728. The summed E-state index contributed by atoms with van der Waals surface area (Å²) in [6.45, 7) is 9.94. The summed E-state index contributed by atoms with van der Waals surface area (Å²) in [5.74, 6) is 1.17. The first kappa shape index (κ1) is 17.2. The lowest BCUT2D eigenvalue weighted by Crippen LogP contribution is -2.66. The molecular weight excluding hydrogens is 342 g/mol. The van der Waals surface area contributed by atoms with Crippen molar-refractivity contribution in [3.8, 4) is 0 Å². The van der Waals surface area contributed by atoms with Gasteiger partial charge in [0.1, 0.15) is 12.5 Å². The Morgan fingerprint density at radius 2 is 1.74 bits per heavy atom. The molecule has 1 aromatic carbocycles. The Balaban J connectivity index is 1.34. The number of carbonyl (C=O) groups is 1. The normalized spacial score (nSPS) is 33.1. The maximum Gasteiger partial charge on any atom is 0.254 e. The zero-order valence-corrected chi connectivity index (χ0v) is 16.1. The number of hydrogen-bond donors (Lipinski definition) is 3. The fourth-order valence-corrected chi connectivity index (χ4v) is 5.00. The molecule has 4 heterocycles. The van der Waals surface area contributed by atoms with Gasteiger partial charge in [0.25, 0.3) is 5.91 Å². The van der Waals surface area contributed by atoms with Gasteiger partial charge in [0.15, 0.2) is 0 Å². The molecular formula is C20H27N5O2. The highest BCUT2D eigenvalue weighted by Crippen LogP contribution is 2.32. The van der Waals surface area contributed by atoms with Crippen molar-refractivity contribution < 1.29 is 9.53 Å². The van der Waals surface area contributed by atoms with Crippen LogP contribution in [0.25, 0.3) is 0 Å². The average Bonchev–Trinajstić information content (AvgIpc) is 3.27. The molecule has 7 heteroatoms. The lowest BCUT2D eigenvalue weighted by molar-refractivity contribution is -0.122. The van der Waals surface area contributed by atoms with Crippen LogP contribution in [0, 0.1) is 32.6 Å². The molecule has 4 unspecified atom stereocenters. The van der Waals surface area contributed by atoms with E-state index >= 15 is 0 Å². The minimum Gasteiger partial charge on any atom is -0.381 e. The van der Waals surface area contributed by atoms with Gasteiger partial charge in [-0.25, -0.2) is 5.43 Å². The number of benzene rings is 1. The van der Waals surface area contributed by atoms with Gasteiger partial charge < -0.3 is 10.1 Å². The van der Waals surface area contributed by atoms with E-state index in [0.717, 1.165) is 37.6 Å². The van der Waals surface area contributed by atoms with E-state index in [2.05, 4.69) is 53.9 Å². The summed E-state index contributed by atoms with van der Waals surface area (Å²) in [6.07, 6.45) is 1.60. The number of aryl methyl sites for hydroxylation is 3. The number of hydrogen-bond acceptors (Lipinski definition) is 6. The number of fused-ring (bicyclic) bond motifs is 2. The number of rotatable bonds is 2. The number of ether oxygens (including phenoxy) is 1. The third kappa shape index (κ3) is 2.86. The Hall–Kier alpha value is -1.93. The number of carbonyl (C=O) groups excluding carboxylic acids is 1. The minimum absolute atomic E-state index is 0.00511. The van der Waals surface area contributed by atoms with Crippen LogP contribution in [0.3, 0.4) is 0 Å². The molecule has 1 amide bonds. The first-order valence-corrected chi connectivity index (χ1v) is 9.73. The molecule has 5 rings (SSSR count). The topological polar surface area (TPSA) is 68.9 Å². The molecule has 3 saturated heterocycles. The van der Waals surface area contributed by atoms with Gasteiger partial charge in [-0.3, -0.25) is 20.0 Å². The van der Waals surface area contributed by atoms with Crippen LogP contribution in [0.2, 0.25) is 0 Å². The van der Waals surface area contributed by atoms with Crippen LogP contribution < -0.4 is 21.1 Å². The molecule has 0 radical (unpaired) electrons. The van der Waals surface area contributed by atoms with Gasteiger partial charge in [0.05, 0.1) is 24.5 Å². The van der Waals surface area contributed by atoms with Crippen LogP contribution >= 0.6 is 0 Å². The molecule has 0 aliphatic carbocycles. The van der Waals surface area contributed by atoms with Gasteiger partial charge in [-0.1, -0.05) is 17.7 Å². The maximum absolute atomic E-state index is 12.8. The molecule has 0 aromatic heterocycles. The van der Waals surface area contributed by atoms with Crippen molar-refractivity contribution in [1.82, 2.24) is 21.0 Å². The summed E-state index contributed by atoms with van der Waals surface area (Å²) in [7, 11) is 0. The third-order valence-electron chi connectivity index (χ3n) is 6.21. The Morgan fingerprint density at radius 3 is 2.41 bits per heavy atom. The van der Waals surface area contributed by atoms with Gasteiger partial charge in [-0.05, 0) is 31.9 Å². The van der Waals surface area contributed by atoms with E-state index in [1.165, 1.54) is 16.7 Å². The molecule has 3 N–H and O–H groups in total. The molecule has 4 aliphatic rings.